The summed E-state index contributed by atoms with van der Waals surface area (Å²) in [7, 11) is 4.05. The number of thioether (sulfide) groups is 1. The van der Waals surface area contributed by atoms with Gasteiger partial charge in [-0.15, -0.1) is 10.2 Å². The van der Waals surface area contributed by atoms with Crippen LogP contribution < -0.4 is 5.32 Å². The summed E-state index contributed by atoms with van der Waals surface area (Å²) >= 11 is 1.39. The Morgan fingerprint density at radius 1 is 1.30 bits per heavy atom. The van der Waals surface area contributed by atoms with Crippen molar-refractivity contribution < 1.29 is 4.79 Å². The Balaban J connectivity index is 1.83. The zero-order valence-corrected chi connectivity index (χ0v) is 14.6. The predicted octanol–water partition coefficient (Wildman–Crippen LogP) is 1.74. The van der Waals surface area contributed by atoms with E-state index in [1.165, 1.54) is 17.3 Å². The molecule has 1 amide bonds. The number of hydrogen-bond donors (Lipinski definition) is 1. The molecule has 0 aliphatic rings. The van der Waals surface area contributed by atoms with Crippen LogP contribution in [0.15, 0.2) is 35.7 Å². The smallest absolute Gasteiger partial charge is 0.230 e. The van der Waals surface area contributed by atoms with E-state index in [1.54, 1.807) is 6.33 Å². The molecule has 0 unspecified atom stereocenters. The van der Waals surface area contributed by atoms with Crippen LogP contribution in [0.4, 0.5) is 0 Å². The second-order valence-corrected chi connectivity index (χ2v) is 6.56. The lowest BCUT2D eigenvalue weighted by Gasteiger charge is -2.10. The maximum absolute atomic E-state index is 11.9. The molecule has 1 heterocycles. The molecule has 1 N–H and O–H groups in total. The number of aromatic nitrogens is 3. The number of benzene rings is 1. The number of carbonyl (C=O) groups is 1. The molecule has 0 saturated heterocycles. The van der Waals surface area contributed by atoms with E-state index in [1.807, 2.05) is 49.9 Å². The van der Waals surface area contributed by atoms with Gasteiger partial charge in [0.15, 0.2) is 5.16 Å². The Kier molecular flexibility index (Phi) is 6.61. The lowest BCUT2D eigenvalue weighted by atomic mass is 10.2. The molecule has 2 rings (SSSR count). The van der Waals surface area contributed by atoms with E-state index in [4.69, 9.17) is 0 Å². The number of rotatable bonds is 8. The van der Waals surface area contributed by atoms with Crippen molar-refractivity contribution in [3.05, 3.63) is 36.2 Å². The lowest BCUT2D eigenvalue weighted by Crippen LogP contribution is -2.28. The van der Waals surface area contributed by atoms with Crippen LogP contribution in [-0.4, -0.2) is 58.5 Å². The molecule has 23 heavy (non-hydrogen) atoms. The van der Waals surface area contributed by atoms with Crippen molar-refractivity contribution in [2.45, 2.75) is 18.5 Å². The van der Waals surface area contributed by atoms with Crippen LogP contribution in [0.2, 0.25) is 0 Å². The van der Waals surface area contributed by atoms with Gasteiger partial charge in [-0.1, -0.05) is 29.5 Å². The highest BCUT2D eigenvalue weighted by Crippen LogP contribution is 2.19. The number of nitrogens with zero attached hydrogens (tertiary/aromatic N) is 4. The van der Waals surface area contributed by atoms with Crippen LogP contribution >= 0.6 is 11.8 Å². The van der Waals surface area contributed by atoms with Gasteiger partial charge < -0.3 is 10.2 Å². The average Bonchev–Trinajstić information content (AvgIpc) is 2.98. The van der Waals surface area contributed by atoms with Gasteiger partial charge in [-0.3, -0.25) is 9.36 Å². The van der Waals surface area contributed by atoms with Crippen molar-refractivity contribution in [1.82, 2.24) is 25.0 Å². The normalized spacial score (nSPS) is 11.0. The van der Waals surface area contributed by atoms with Crippen LogP contribution in [0.1, 0.15) is 12.0 Å². The molecule has 0 atom stereocenters. The van der Waals surface area contributed by atoms with Crippen LogP contribution in [0, 0.1) is 6.92 Å². The highest BCUT2D eigenvalue weighted by atomic mass is 32.2. The van der Waals surface area contributed by atoms with Crippen LogP contribution in [-0.2, 0) is 4.79 Å². The Morgan fingerprint density at radius 3 is 2.74 bits per heavy atom. The zero-order chi connectivity index (χ0) is 16.7. The summed E-state index contributed by atoms with van der Waals surface area (Å²) in [6.45, 7) is 3.71. The second-order valence-electron chi connectivity index (χ2n) is 5.61. The molecule has 7 heteroatoms. The molecule has 1 aromatic carbocycles. The fraction of sp³-hybridized carbons (Fsp3) is 0.438. The minimum atomic E-state index is 0.0206. The van der Waals surface area contributed by atoms with Crippen LogP contribution in [0.3, 0.4) is 0 Å². The van der Waals surface area contributed by atoms with E-state index in [0.717, 1.165) is 23.8 Å². The Labute approximate surface area is 141 Å². The molecule has 2 aromatic rings. The van der Waals surface area contributed by atoms with Gasteiger partial charge in [0.05, 0.1) is 5.75 Å². The van der Waals surface area contributed by atoms with E-state index >= 15 is 0 Å². The van der Waals surface area contributed by atoms with Crippen molar-refractivity contribution in [3.63, 3.8) is 0 Å². The maximum atomic E-state index is 11.9. The van der Waals surface area contributed by atoms with Crippen molar-refractivity contribution in [1.29, 1.82) is 0 Å². The number of hydrogen-bond acceptors (Lipinski definition) is 5. The third-order valence-electron chi connectivity index (χ3n) is 3.27. The van der Waals surface area contributed by atoms with Gasteiger partial charge >= 0.3 is 0 Å². The van der Waals surface area contributed by atoms with Gasteiger partial charge in [-0.25, -0.2) is 0 Å². The Bertz CT molecular complexity index is 624. The Morgan fingerprint density at radius 2 is 2.04 bits per heavy atom. The molecule has 0 aliphatic carbocycles. The molecule has 0 saturated carbocycles. The summed E-state index contributed by atoms with van der Waals surface area (Å²) in [5.74, 6) is 0.360. The largest absolute Gasteiger partial charge is 0.355 e. The van der Waals surface area contributed by atoms with E-state index in [9.17, 15) is 4.79 Å². The van der Waals surface area contributed by atoms with Gasteiger partial charge in [-0.05, 0) is 46.1 Å². The van der Waals surface area contributed by atoms with E-state index in [-0.39, 0.29) is 5.91 Å². The summed E-state index contributed by atoms with van der Waals surface area (Å²) < 4.78 is 1.89. The van der Waals surface area contributed by atoms with E-state index < -0.39 is 0 Å². The maximum Gasteiger partial charge on any atom is 0.230 e. The van der Waals surface area contributed by atoms with Crippen molar-refractivity contribution in [2.75, 3.05) is 32.9 Å². The van der Waals surface area contributed by atoms with Gasteiger partial charge in [0.2, 0.25) is 5.91 Å². The molecular weight excluding hydrogens is 310 g/mol. The summed E-state index contributed by atoms with van der Waals surface area (Å²) in [5, 5.41) is 11.7. The standard InChI is InChI=1S/C16H23N5OS/c1-13-5-7-14(8-6-13)21-12-18-19-16(21)23-11-15(22)17-9-4-10-20(2)3/h5-8,12H,4,9-11H2,1-3H3,(H,17,22). The SMILES string of the molecule is Cc1ccc(-n2cnnc2SCC(=O)NCCCN(C)C)cc1. The molecule has 124 valence electrons. The van der Waals surface area contributed by atoms with Gasteiger partial charge in [0, 0.05) is 12.2 Å². The monoisotopic (exact) mass is 333 g/mol. The zero-order valence-electron chi connectivity index (χ0n) is 13.8. The minimum absolute atomic E-state index is 0.0206. The van der Waals surface area contributed by atoms with Crippen molar-refractivity contribution in [3.8, 4) is 5.69 Å². The minimum Gasteiger partial charge on any atom is -0.355 e. The molecule has 0 fully saturated rings. The number of carbonyl (C=O) groups excluding carboxylic acids is 1. The highest BCUT2D eigenvalue weighted by Gasteiger charge is 2.09. The van der Waals surface area contributed by atoms with Gasteiger partial charge in [-0.2, -0.15) is 0 Å². The lowest BCUT2D eigenvalue weighted by molar-refractivity contribution is -0.118. The molecular formula is C16H23N5OS. The summed E-state index contributed by atoms with van der Waals surface area (Å²) in [6.07, 6.45) is 2.62. The number of nitrogens with one attached hydrogen (secondary N) is 1. The summed E-state index contributed by atoms with van der Waals surface area (Å²) in [6, 6.07) is 8.12. The third kappa shape index (κ3) is 5.69. The quantitative estimate of drug-likeness (QED) is 0.589. The van der Waals surface area contributed by atoms with E-state index in [2.05, 4.69) is 20.4 Å². The fourth-order valence-electron chi connectivity index (χ4n) is 2.01. The van der Waals surface area contributed by atoms with Gasteiger partial charge in [0.1, 0.15) is 6.33 Å². The predicted molar refractivity (Wildman–Crippen MR) is 93.0 cm³/mol. The molecule has 0 radical (unpaired) electrons. The molecule has 0 aliphatic heterocycles. The molecule has 0 spiro atoms. The first-order valence-electron chi connectivity index (χ1n) is 7.57. The second kappa shape index (κ2) is 8.69. The summed E-state index contributed by atoms with van der Waals surface area (Å²) in [4.78, 5) is 14.0. The summed E-state index contributed by atoms with van der Waals surface area (Å²) in [5.41, 5.74) is 2.20. The number of amides is 1. The topological polar surface area (TPSA) is 63.1 Å². The van der Waals surface area contributed by atoms with Crippen LogP contribution in [0.25, 0.3) is 5.69 Å². The van der Waals surface area contributed by atoms with Gasteiger partial charge in [0.25, 0.3) is 0 Å². The van der Waals surface area contributed by atoms with Crippen molar-refractivity contribution >= 4 is 17.7 Å². The fourth-order valence-corrected chi connectivity index (χ4v) is 2.77. The number of aryl methyl sites for hydroxylation is 1. The molecule has 1 aromatic heterocycles. The average molecular weight is 333 g/mol. The third-order valence-corrected chi connectivity index (χ3v) is 4.21. The van der Waals surface area contributed by atoms with Crippen LogP contribution in [0.5, 0.6) is 0 Å². The Hall–Kier alpha value is -1.86. The van der Waals surface area contributed by atoms with E-state index in [0.29, 0.717) is 12.3 Å². The first-order valence-corrected chi connectivity index (χ1v) is 8.56. The first kappa shape index (κ1) is 17.5. The molecule has 0 bridgehead atoms. The highest BCUT2D eigenvalue weighted by molar-refractivity contribution is 7.99. The van der Waals surface area contributed by atoms with Crippen molar-refractivity contribution in [2.24, 2.45) is 0 Å². The molecule has 6 nitrogen and oxygen atoms in total. The first-order chi connectivity index (χ1) is 11.1.